The van der Waals surface area contributed by atoms with Crippen LogP contribution < -0.4 is 0 Å². The first-order chi connectivity index (χ1) is 9.39. The fraction of sp³-hybridized carbons (Fsp3) is 1.00. The molecule has 6 nitrogen and oxygen atoms in total. The Bertz CT molecular complexity index is 326. The summed E-state index contributed by atoms with van der Waals surface area (Å²) >= 11 is 0. The molecule has 0 unspecified atom stereocenters. The highest BCUT2D eigenvalue weighted by molar-refractivity contribution is 7.85. The van der Waals surface area contributed by atoms with E-state index in [0.717, 1.165) is 32.2 Å². The van der Waals surface area contributed by atoms with Gasteiger partial charge in [-0.3, -0.25) is 4.55 Å². The van der Waals surface area contributed by atoms with Crippen molar-refractivity contribution in [3.8, 4) is 0 Å². The third-order valence-corrected chi connectivity index (χ3v) is 4.47. The number of aliphatic hydroxyl groups excluding tert-OH is 2. The van der Waals surface area contributed by atoms with Crippen LogP contribution in [0.4, 0.5) is 0 Å². The molecule has 0 aromatic carbocycles. The average molecular weight is 312 g/mol. The Morgan fingerprint density at radius 2 is 1.40 bits per heavy atom. The summed E-state index contributed by atoms with van der Waals surface area (Å²) in [5.74, 6) is -0.265. The largest absolute Gasteiger partial charge is 0.391 e. The minimum atomic E-state index is -3.94. The summed E-state index contributed by atoms with van der Waals surface area (Å²) in [6, 6.07) is 0. The van der Waals surface area contributed by atoms with E-state index >= 15 is 0 Å². The monoisotopic (exact) mass is 312 g/mol. The van der Waals surface area contributed by atoms with Crippen molar-refractivity contribution < 1.29 is 27.7 Å². The predicted octanol–water partition coefficient (Wildman–Crippen LogP) is 0.646. The standard InChI is InChI=1S/C13H29NO5S/c1-2-3-4-5-7-14(9-11-15,10-12-16)8-6-13-20(17,18)19/h15-16H,2-13H2,1H3/p+1. The SMILES string of the molecule is CCCCCC[N+](CCO)(CCO)CCCS(=O)(=O)O. The topological polar surface area (TPSA) is 94.8 Å². The van der Waals surface area contributed by atoms with Crippen molar-refractivity contribution >= 4 is 10.1 Å². The Morgan fingerprint density at radius 1 is 0.850 bits per heavy atom. The number of quaternary nitrogens is 1. The van der Waals surface area contributed by atoms with Gasteiger partial charge in [0.15, 0.2) is 0 Å². The van der Waals surface area contributed by atoms with E-state index in [9.17, 15) is 18.6 Å². The van der Waals surface area contributed by atoms with E-state index in [1.807, 2.05) is 0 Å². The number of nitrogens with zero attached hydrogens (tertiary/aromatic N) is 1. The van der Waals surface area contributed by atoms with Crippen molar-refractivity contribution in [1.82, 2.24) is 0 Å². The number of unbranched alkanes of at least 4 members (excludes halogenated alkanes) is 3. The minimum absolute atomic E-state index is 0.0135. The van der Waals surface area contributed by atoms with Crippen molar-refractivity contribution in [1.29, 1.82) is 0 Å². The van der Waals surface area contributed by atoms with Crippen molar-refractivity contribution in [2.75, 3.05) is 45.1 Å². The molecule has 0 fully saturated rings. The molecule has 0 saturated carbocycles. The molecule has 7 heteroatoms. The molecule has 0 radical (unpaired) electrons. The van der Waals surface area contributed by atoms with Gasteiger partial charge in [-0.15, -0.1) is 0 Å². The first-order valence-corrected chi connectivity index (χ1v) is 9.02. The third-order valence-electron chi connectivity index (χ3n) is 3.67. The van der Waals surface area contributed by atoms with Gasteiger partial charge in [-0.05, 0) is 12.8 Å². The molecule has 20 heavy (non-hydrogen) atoms. The molecule has 0 aromatic rings. The van der Waals surface area contributed by atoms with Gasteiger partial charge < -0.3 is 14.7 Å². The lowest BCUT2D eigenvalue weighted by Gasteiger charge is -2.38. The van der Waals surface area contributed by atoms with E-state index in [1.54, 1.807) is 0 Å². The van der Waals surface area contributed by atoms with E-state index in [1.165, 1.54) is 0 Å². The maximum Gasteiger partial charge on any atom is 0.265 e. The van der Waals surface area contributed by atoms with E-state index in [4.69, 9.17) is 4.55 Å². The maximum atomic E-state index is 10.8. The molecule has 0 aromatic heterocycles. The number of hydrogen-bond acceptors (Lipinski definition) is 4. The predicted molar refractivity (Wildman–Crippen MR) is 79.1 cm³/mol. The van der Waals surface area contributed by atoms with Crippen LogP contribution >= 0.6 is 0 Å². The normalized spacial score (nSPS) is 12.8. The maximum absolute atomic E-state index is 10.8. The molecular formula is C13H30NO5S+. The highest BCUT2D eigenvalue weighted by Crippen LogP contribution is 2.13. The summed E-state index contributed by atoms with van der Waals surface area (Å²) in [7, 11) is -3.94. The second-order valence-corrected chi connectivity index (χ2v) is 6.96. The van der Waals surface area contributed by atoms with Crippen molar-refractivity contribution in [3.05, 3.63) is 0 Å². The second kappa shape index (κ2) is 10.5. The quantitative estimate of drug-likeness (QED) is 0.264. The summed E-state index contributed by atoms with van der Waals surface area (Å²) in [4.78, 5) is 0. The Kier molecular flexibility index (Phi) is 10.4. The van der Waals surface area contributed by atoms with Gasteiger partial charge in [-0.1, -0.05) is 19.8 Å². The molecule has 0 aliphatic rings. The Balaban J connectivity index is 4.47. The van der Waals surface area contributed by atoms with Gasteiger partial charge in [0.1, 0.15) is 13.1 Å². The summed E-state index contributed by atoms with van der Waals surface area (Å²) in [6.45, 7) is 4.56. The fourth-order valence-corrected chi connectivity index (χ4v) is 3.05. The Hall–Kier alpha value is -0.210. The first-order valence-electron chi connectivity index (χ1n) is 7.41. The molecule has 0 amide bonds. The lowest BCUT2D eigenvalue weighted by atomic mass is 10.1. The van der Waals surface area contributed by atoms with Crippen LogP contribution in [0, 0.1) is 0 Å². The minimum Gasteiger partial charge on any atom is -0.391 e. The van der Waals surface area contributed by atoms with Crippen LogP contribution in [-0.2, 0) is 10.1 Å². The Morgan fingerprint density at radius 3 is 1.85 bits per heavy atom. The van der Waals surface area contributed by atoms with E-state index < -0.39 is 10.1 Å². The molecule has 0 saturated heterocycles. The van der Waals surface area contributed by atoms with Crippen LogP contribution in [-0.4, -0.2) is 72.8 Å². The molecule has 0 aliphatic heterocycles. The average Bonchev–Trinajstić information content (AvgIpc) is 2.34. The number of hydrogen-bond donors (Lipinski definition) is 3. The zero-order valence-corrected chi connectivity index (χ0v) is 13.3. The van der Waals surface area contributed by atoms with Crippen molar-refractivity contribution in [2.45, 2.75) is 39.0 Å². The fourth-order valence-electron chi connectivity index (χ4n) is 2.55. The molecule has 0 rings (SSSR count). The van der Waals surface area contributed by atoms with Crippen LogP contribution in [0.1, 0.15) is 39.0 Å². The van der Waals surface area contributed by atoms with E-state index in [0.29, 0.717) is 30.5 Å². The summed E-state index contributed by atoms with van der Waals surface area (Å²) in [5, 5.41) is 18.5. The van der Waals surface area contributed by atoms with Gasteiger partial charge in [0.05, 0.1) is 32.1 Å². The number of rotatable bonds is 13. The van der Waals surface area contributed by atoms with Crippen LogP contribution in [0.5, 0.6) is 0 Å². The molecular weight excluding hydrogens is 282 g/mol. The van der Waals surface area contributed by atoms with Gasteiger partial charge >= 0.3 is 0 Å². The lowest BCUT2D eigenvalue weighted by Crippen LogP contribution is -2.53. The van der Waals surface area contributed by atoms with Gasteiger partial charge in [0.2, 0.25) is 0 Å². The van der Waals surface area contributed by atoms with Crippen molar-refractivity contribution in [3.63, 3.8) is 0 Å². The molecule has 0 aliphatic carbocycles. The first kappa shape index (κ1) is 19.8. The van der Waals surface area contributed by atoms with Gasteiger partial charge in [0.25, 0.3) is 10.1 Å². The van der Waals surface area contributed by atoms with Gasteiger partial charge in [0, 0.05) is 6.42 Å². The highest BCUT2D eigenvalue weighted by atomic mass is 32.2. The summed E-state index contributed by atoms with van der Waals surface area (Å²) in [5.41, 5.74) is 0. The zero-order chi connectivity index (χ0) is 15.5. The van der Waals surface area contributed by atoms with E-state index in [-0.39, 0.29) is 19.0 Å². The molecule has 0 heterocycles. The van der Waals surface area contributed by atoms with Crippen molar-refractivity contribution in [2.24, 2.45) is 0 Å². The molecule has 122 valence electrons. The van der Waals surface area contributed by atoms with Crippen LogP contribution in [0.2, 0.25) is 0 Å². The van der Waals surface area contributed by atoms with Gasteiger partial charge in [-0.2, -0.15) is 8.42 Å². The third kappa shape index (κ3) is 9.66. The van der Waals surface area contributed by atoms with Crippen LogP contribution in [0.15, 0.2) is 0 Å². The van der Waals surface area contributed by atoms with Crippen LogP contribution in [0.3, 0.4) is 0 Å². The molecule has 0 bridgehead atoms. The smallest absolute Gasteiger partial charge is 0.265 e. The number of aliphatic hydroxyl groups is 2. The highest BCUT2D eigenvalue weighted by Gasteiger charge is 2.26. The van der Waals surface area contributed by atoms with E-state index in [2.05, 4.69) is 6.92 Å². The summed E-state index contributed by atoms with van der Waals surface area (Å²) in [6.07, 6.45) is 4.74. The summed E-state index contributed by atoms with van der Waals surface area (Å²) < 4.78 is 30.9. The molecule has 0 atom stereocenters. The van der Waals surface area contributed by atoms with Crippen LogP contribution in [0.25, 0.3) is 0 Å². The zero-order valence-electron chi connectivity index (χ0n) is 12.5. The second-order valence-electron chi connectivity index (χ2n) is 5.38. The molecule has 0 spiro atoms. The molecule has 3 N–H and O–H groups in total. The lowest BCUT2D eigenvalue weighted by molar-refractivity contribution is -0.928. The van der Waals surface area contributed by atoms with Gasteiger partial charge in [-0.25, -0.2) is 0 Å². The Labute approximate surface area is 122 Å².